The summed E-state index contributed by atoms with van der Waals surface area (Å²) in [4.78, 5) is 0. The number of rotatable bonds is 3. The molecule has 1 aliphatic rings. The van der Waals surface area contributed by atoms with Crippen LogP contribution in [0, 0.1) is 0 Å². The van der Waals surface area contributed by atoms with Crippen molar-refractivity contribution in [2.75, 3.05) is 12.4 Å². The van der Waals surface area contributed by atoms with Crippen molar-refractivity contribution in [3.8, 4) is 5.75 Å². The van der Waals surface area contributed by atoms with Crippen molar-refractivity contribution in [2.24, 2.45) is 4.40 Å². The molecule has 0 aromatic heterocycles. The van der Waals surface area contributed by atoms with Gasteiger partial charge in [0, 0.05) is 6.42 Å². The molecule has 3 rings (SSSR count). The average molecular weight is 275 g/mol. The van der Waals surface area contributed by atoms with Crippen LogP contribution in [-0.4, -0.2) is 26.5 Å². The Morgan fingerprint density at radius 1 is 1.11 bits per heavy atom. The van der Waals surface area contributed by atoms with Gasteiger partial charge < -0.3 is 4.74 Å². The molecule has 19 heavy (non-hydrogen) atoms. The molecule has 2 aromatic rings. The molecule has 1 heterocycles. The number of sulfonamides is 1. The van der Waals surface area contributed by atoms with Crippen molar-refractivity contribution in [3.63, 3.8) is 0 Å². The standard InChI is InChI=1S/C14H13NO3S/c16-19(17)8-7-13(15-19)10-18-14-6-5-11-3-1-2-4-12(11)9-14/h1-6,9H,7-8,10H2. The van der Waals surface area contributed by atoms with Gasteiger partial charge in [0.2, 0.25) is 0 Å². The lowest BCUT2D eigenvalue weighted by molar-refractivity contribution is 0.376. The molecule has 5 heteroatoms. The predicted molar refractivity (Wildman–Crippen MR) is 75.3 cm³/mol. The molecule has 0 fully saturated rings. The van der Waals surface area contributed by atoms with Crippen LogP contribution in [0.1, 0.15) is 6.42 Å². The summed E-state index contributed by atoms with van der Waals surface area (Å²) in [6.07, 6.45) is 0.468. The summed E-state index contributed by atoms with van der Waals surface area (Å²) in [6, 6.07) is 13.8. The van der Waals surface area contributed by atoms with E-state index in [-0.39, 0.29) is 12.4 Å². The van der Waals surface area contributed by atoms with Gasteiger partial charge in [0.1, 0.15) is 12.4 Å². The van der Waals surface area contributed by atoms with Gasteiger partial charge in [0.25, 0.3) is 10.0 Å². The van der Waals surface area contributed by atoms with Crippen LogP contribution in [0.2, 0.25) is 0 Å². The molecule has 0 saturated carbocycles. The van der Waals surface area contributed by atoms with E-state index in [0.717, 1.165) is 16.5 Å². The summed E-state index contributed by atoms with van der Waals surface area (Å²) >= 11 is 0. The molecule has 0 bridgehead atoms. The molecule has 98 valence electrons. The molecule has 0 radical (unpaired) electrons. The van der Waals surface area contributed by atoms with Gasteiger partial charge in [-0.1, -0.05) is 30.3 Å². The van der Waals surface area contributed by atoms with E-state index in [1.165, 1.54) is 0 Å². The smallest absolute Gasteiger partial charge is 0.253 e. The number of fused-ring (bicyclic) bond motifs is 1. The number of hydrogen-bond donors (Lipinski definition) is 0. The molecule has 0 saturated heterocycles. The fourth-order valence-corrected chi connectivity index (χ4v) is 3.18. The number of hydrogen-bond acceptors (Lipinski definition) is 3. The summed E-state index contributed by atoms with van der Waals surface area (Å²) in [7, 11) is -3.23. The van der Waals surface area contributed by atoms with Gasteiger partial charge in [0.05, 0.1) is 11.5 Å². The normalized spacial score (nSPS) is 17.4. The third kappa shape index (κ3) is 2.76. The first-order valence-electron chi connectivity index (χ1n) is 6.04. The number of benzene rings is 2. The summed E-state index contributed by atoms with van der Waals surface area (Å²) < 4.78 is 31.6. The maximum Gasteiger partial charge on any atom is 0.253 e. The van der Waals surface area contributed by atoms with E-state index >= 15 is 0 Å². The number of ether oxygens (including phenoxy) is 1. The van der Waals surface area contributed by atoms with Crippen LogP contribution in [0.15, 0.2) is 46.9 Å². The van der Waals surface area contributed by atoms with Gasteiger partial charge in [-0.05, 0) is 22.9 Å². The highest BCUT2D eigenvalue weighted by Gasteiger charge is 2.20. The van der Waals surface area contributed by atoms with Crippen LogP contribution >= 0.6 is 0 Å². The van der Waals surface area contributed by atoms with E-state index in [4.69, 9.17) is 4.74 Å². The Hall–Kier alpha value is -1.88. The average Bonchev–Trinajstić information content (AvgIpc) is 2.76. The van der Waals surface area contributed by atoms with Gasteiger partial charge in [-0.2, -0.15) is 4.40 Å². The van der Waals surface area contributed by atoms with Crippen molar-refractivity contribution >= 4 is 26.5 Å². The minimum absolute atomic E-state index is 0.101. The molecular weight excluding hydrogens is 262 g/mol. The van der Waals surface area contributed by atoms with Crippen LogP contribution in [0.4, 0.5) is 0 Å². The summed E-state index contributed by atoms with van der Waals surface area (Å²) in [6.45, 7) is 0.234. The lowest BCUT2D eigenvalue weighted by Gasteiger charge is -2.06. The van der Waals surface area contributed by atoms with Crippen molar-refractivity contribution in [3.05, 3.63) is 42.5 Å². The van der Waals surface area contributed by atoms with Gasteiger partial charge in [-0.15, -0.1) is 0 Å². The van der Waals surface area contributed by atoms with Crippen LogP contribution < -0.4 is 4.74 Å². The summed E-state index contributed by atoms with van der Waals surface area (Å²) in [5, 5.41) is 2.25. The van der Waals surface area contributed by atoms with Gasteiger partial charge in [-0.3, -0.25) is 0 Å². The molecule has 0 N–H and O–H groups in total. The second-order valence-corrected chi connectivity index (χ2v) is 6.25. The molecule has 0 unspecified atom stereocenters. The zero-order valence-electron chi connectivity index (χ0n) is 10.2. The minimum Gasteiger partial charge on any atom is -0.488 e. The highest BCUT2D eigenvalue weighted by molar-refractivity contribution is 7.90. The van der Waals surface area contributed by atoms with Crippen molar-refractivity contribution in [1.29, 1.82) is 0 Å². The van der Waals surface area contributed by atoms with Crippen molar-refractivity contribution < 1.29 is 13.2 Å². The Labute approximate surface area is 111 Å². The molecule has 2 aromatic carbocycles. The van der Waals surface area contributed by atoms with Crippen LogP contribution in [0.25, 0.3) is 10.8 Å². The maximum atomic E-state index is 11.2. The third-order valence-corrected chi connectivity index (χ3v) is 4.30. The lowest BCUT2D eigenvalue weighted by Crippen LogP contribution is -2.08. The molecule has 4 nitrogen and oxygen atoms in total. The Balaban J connectivity index is 1.76. The Kier molecular flexibility index (Phi) is 2.98. The lowest BCUT2D eigenvalue weighted by atomic mass is 10.1. The van der Waals surface area contributed by atoms with Gasteiger partial charge >= 0.3 is 0 Å². The fraction of sp³-hybridized carbons (Fsp3) is 0.214. The number of nitrogens with zero attached hydrogens (tertiary/aromatic N) is 1. The predicted octanol–water partition coefficient (Wildman–Crippen LogP) is 2.39. The van der Waals surface area contributed by atoms with Crippen molar-refractivity contribution in [1.82, 2.24) is 0 Å². The highest BCUT2D eigenvalue weighted by Crippen LogP contribution is 2.21. The Morgan fingerprint density at radius 3 is 2.63 bits per heavy atom. The van der Waals surface area contributed by atoms with Gasteiger partial charge in [-0.25, -0.2) is 8.42 Å². The van der Waals surface area contributed by atoms with E-state index in [0.29, 0.717) is 12.1 Å². The van der Waals surface area contributed by atoms with Crippen LogP contribution in [0.5, 0.6) is 5.75 Å². The van der Waals surface area contributed by atoms with E-state index in [9.17, 15) is 8.42 Å². The SMILES string of the molecule is O=S1(=O)CCC(COc2ccc3ccccc3c2)=N1. The summed E-state index contributed by atoms with van der Waals surface area (Å²) in [5.74, 6) is 0.828. The summed E-state index contributed by atoms with van der Waals surface area (Å²) in [5.41, 5.74) is 0.591. The quantitative estimate of drug-likeness (QED) is 0.864. The molecule has 1 aliphatic heterocycles. The molecular formula is C14H13NO3S. The minimum atomic E-state index is -3.23. The van der Waals surface area contributed by atoms with E-state index in [2.05, 4.69) is 4.40 Å². The molecule has 0 spiro atoms. The molecule has 0 aliphatic carbocycles. The monoisotopic (exact) mass is 275 g/mol. The topological polar surface area (TPSA) is 55.7 Å². The second-order valence-electron chi connectivity index (χ2n) is 4.49. The third-order valence-electron chi connectivity index (χ3n) is 3.04. The zero-order chi connectivity index (χ0) is 13.3. The molecule has 0 atom stereocenters. The Morgan fingerprint density at radius 2 is 1.89 bits per heavy atom. The maximum absolute atomic E-state index is 11.2. The van der Waals surface area contributed by atoms with E-state index in [1.54, 1.807) is 0 Å². The van der Waals surface area contributed by atoms with Crippen molar-refractivity contribution in [2.45, 2.75) is 6.42 Å². The first-order chi connectivity index (χ1) is 9.12. The Bertz CT molecular complexity index is 750. The first kappa shape index (κ1) is 12.2. The largest absolute Gasteiger partial charge is 0.488 e. The van der Waals surface area contributed by atoms with Gasteiger partial charge in [0.15, 0.2) is 0 Å². The zero-order valence-corrected chi connectivity index (χ0v) is 11.1. The molecule has 0 amide bonds. The first-order valence-corrected chi connectivity index (χ1v) is 7.65. The van der Waals surface area contributed by atoms with E-state index in [1.807, 2.05) is 42.5 Å². The highest BCUT2D eigenvalue weighted by atomic mass is 32.2. The second kappa shape index (κ2) is 4.66. The van der Waals surface area contributed by atoms with Crippen LogP contribution in [-0.2, 0) is 10.0 Å². The fourth-order valence-electron chi connectivity index (χ4n) is 2.06. The van der Waals surface area contributed by atoms with E-state index < -0.39 is 10.0 Å². The van der Waals surface area contributed by atoms with Crippen LogP contribution in [0.3, 0.4) is 0 Å².